The van der Waals surface area contributed by atoms with Gasteiger partial charge in [-0.1, -0.05) is 6.08 Å². The molecule has 0 radical (unpaired) electrons. The topological polar surface area (TPSA) is 93.8 Å². The first-order valence-electron chi connectivity index (χ1n) is 10.8. The van der Waals surface area contributed by atoms with E-state index in [2.05, 4.69) is 32.2 Å². The van der Waals surface area contributed by atoms with E-state index >= 15 is 0 Å². The summed E-state index contributed by atoms with van der Waals surface area (Å²) in [5, 5.41) is 13.2. The number of imidazole rings is 1. The first-order valence-corrected chi connectivity index (χ1v) is 11.6. The lowest BCUT2D eigenvalue weighted by molar-refractivity contribution is 0.0518. The molecule has 0 saturated heterocycles. The Labute approximate surface area is 199 Å². The van der Waals surface area contributed by atoms with Crippen LogP contribution in [0.5, 0.6) is 0 Å². The van der Waals surface area contributed by atoms with E-state index < -0.39 is 23.4 Å². The number of anilines is 1. The number of aromatic nitrogens is 4. The van der Waals surface area contributed by atoms with Crippen molar-refractivity contribution in [3.8, 4) is 11.4 Å². The van der Waals surface area contributed by atoms with Gasteiger partial charge in [0.1, 0.15) is 34.9 Å². The van der Waals surface area contributed by atoms with Crippen LogP contribution in [0.1, 0.15) is 37.2 Å². The van der Waals surface area contributed by atoms with Gasteiger partial charge in [0.25, 0.3) is 0 Å². The molecule has 0 atom stereocenters. The molecule has 8 nitrogen and oxygen atoms in total. The molecule has 0 bridgehead atoms. The third-order valence-corrected chi connectivity index (χ3v) is 6.49. The number of rotatable bonds is 9. The van der Waals surface area contributed by atoms with Crippen LogP contribution in [0, 0.1) is 5.41 Å². The van der Waals surface area contributed by atoms with Gasteiger partial charge in [0.15, 0.2) is 4.96 Å². The Bertz CT molecular complexity index is 1260. The van der Waals surface area contributed by atoms with Crippen molar-refractivity contribution in [1.82, 2.24) is 19.6 Å². The molecule has 178 valence electrons. The van der Waals surface area contributed by atoms with Crippen LogP contribution in [0.2, 0.25) is 0 Å². The Morgan fingerprint density at radius 2 is 2.21 bits per heavy atom. The van der Waals surface area contributed by atoms with Gasteiger partial charge in [-0.2, -0.15) is 0 Å². The summed E-state index contributed by atoms with van der Waals surface area (Å²) in [6.45, 7) is 7.45. The molecule has 0 spiro atoms. The fraction of sp³-hybridized carbons (Fsp3) is 0.348. The molecule has 3 heterocycles. The number of alkyl halides is 1. The highest BCUT2D eigenvalue weighted by Gasteiger charge is 2.48. The zero-order valence-corrected chi connectivity index (χ0v) is 19.6. The van der Waals surface area contributed by atoms with Gasteiger partial charge >= 0.3 is 5.97 Å². The summed E-state index contributed by atoms with van der Waals surface area (Å²) in [5.41, 5.74) is 0.816. The Morgan fingerprint density at radius 1 is 1.41 bits per heavy atom. The number of allylic oxidation sites excluding steroid dienone is 3. The number of fused-ring (bicyclic) bond motifs is 1. The minimum Gasteiger partial charge on any atom is -0.461 e. The maximum atomic E-state index is 14.5. The molecule has 1 aliphatic rings. The Hall–Kier alpha value is -3.47. The van der Waals surface area contributed by atoms with Crippen LogP contribution in [-0.2, 0) is 4.74 Å². The fourth-order valence-electron chi connectivity index (χ4n) is 4.01. The molecule has 3 aromatic heterocycles. The molecule has 11 heteroatoms. The van der Waals surface area contributed by atoms with Crippen molar-refractivity contribution in [3.63, 3.8) is 0 Å². The molecule has 1 fully saturated rings. The van der Waals surface area contributed by atoms with E-state index in [9.17, 15) is 13.6 Å². The third-order valence-electron chi connectivity index (χ3n) is 5.65. The van der Waals surface area contributed by atoms with Crippen molar-refractivity contribution in [2.24, 2.45) is 10.4 Å². The molecule has 34 heavy (non-hydrogen) atoms. The fourth-order valence-corrected chi connectivity index (χ4v) is 4.86. The zero-order valence-electron chi connectivity index (χ0n) is 18.8. The van der Waals surface area contributed by atoms with Crippen molar-refractivity contribution in [2.45, 2.75) is 32.9 Å². The van der Waals surface area contributed by atoms with Crippen molar-refractivity contribution < 1.29 is 18.3 Å². The quantitative estimate of drug-likeness (QED) is 0.259. The molecule has 4 rings (SSSR count). The van der Waals surface area contributed by atoms with Gasteiger partial charge in [0, 0.05) is 23.5 Å². The van der Waals surface area contributed by atoms with E-state index in [0.29, 0.717) is 27.9 Å². The van der Waals surface area contributed by atoms with Crippen molar-refractivity contribution in [3.05, 3.63) is 53.1 Å². The molecule has 3 aromatic rings. The smallest absolute Gasteiger partial charge is 0.356 e. The van der Waals surface area contributed by atoms with E-state index in [1.165, 1.54) is 17.4 Å². The standard InChI is InChI=1S/C23H24F2N6O2S/c1-4-6-15(25)20(26-3)23(9-14(24)10-23)13-27-19-8-7-16(29-30-19)17-11-31-18(21(32)33-5-2)12-34-22(31)28-17/h4,6-8,11-12,14H,3,5,9-10,13H2,1-2H3,(H,27,30)/b6-4-,20-15+. The molecule has 1 aliphatic carbocycles. The molecular formula is C23H24F2N6O2S. The van der Waals surface area contributed by atoms with Gasteiger partial charge in [-0.05, 0) is 51.6 Å². The minimum atomic E-state index is -1.01. The summed E-state index contributed by atoms with van der Waals surface area (Å²) in [5.74, 6) is -0.486. The average Bonchev–Trinajstić information content (AvgIpc) is 3.39. The second-order valence-electron chi connectivity index (χ2n) is 7.92. The summed E-state index contributed by atoms with van der Waals surface area (Å²) in [6, 6.07) is 3.45. The predicted octanol–water partition coefficient (Wildman–Crippen LogP) is 5.02. The van der Waals surface area contributed by atoms with E-state index in [-0.39, 0.29) is 31.7 Å². The number of nitrogens with zero attached hydrogens (tertiary/aromatic N) is 5. The van der Waals surface area contributed by atoms with Gasteiger partial charge < -0.3 is 10.1 Å². The largest absolute Gasteiger partial charge is 0.461 e. The van der Waals surface area contributed by atoms with E-state index in [0.717, 1.165) is 0 Å². The number of hydrogen-bond acceptors (Lipinski definition) is 8. The summed E-state index contributed by atoms with van der Waals surface area (Å²) < 4.78 is 35.0. The summed E-state index contributed by atoms with van der Waals surface area (Å²) in [7, 11) is 0. The first kappa shape index (κ1) is 23.7. The third kappa shape index (κ3) is 4.47. The SMILES string of the molecule is C=N/C(=C(F)\C=C/C)C1(CNc2ccc(-c3cn4c(C(=O)OCC)csc4n3)nn2)CC(F)C1. The highest BCUT2D eigenvalue weighted by molar-refractivity contribution is 7.15. The van der Waals surface area contributed by atoms with Crippen LogP contribution in [0.4, 0.5) is 14.6 Å². The maximum absolute atomic E-state index is 14.5. The van der Waals surface area contributed by atoms with Crippen LogP contribution in [0.25, 0.3) is 16.3 Å². The number of thiazole rings is 1. The number of hydrogen-bond donors (Lipinski definition) is 1. The van der Waals surface area contributed by atoms with Gasteiger partial charge in [-0.15, -0.1) is 21.5 Å². The normalized spacial score (nSPS) is 20.8. The second-order valence-corrected chi connectivity index (χ2v) is 8.75. The Kier molecular flexibility index (Phi) is 6.82. The molecule has 0 aliphatic heterocycles. The molecule has 0 aromatic carbocycles. The molecular weight excluding hydrogens is 462 g/mol. The predicted molar refractivity (Wildman–Crippen MR) is 128 cm³/mol. The molecule has 0 amide bonds. The average molecular weight is 487 g/mol. The summed E-state index contributed by atoms with van der Waals surface area (Å²) >= 11 is 1.32. The molecule has 0 unspecified atom stereocenters. The summed E-state index contributed by atoms with van der Waals surface area (Å²) in [6.07, 6.45) is 3.86. The molecule has 1 N–H and O–H groups in total. The summed E-state index contributed by atoms with van der Waals surface area (Å²) in [4.78, 5) is 21.1. The van der Waals surface area contributed by atoms with Crippen LogP contribution >= 0.6 is 11.3 Å². The Morgan fingerprint density at radius 3 is 2.82 bits per heavy atom. The van der Waals surface area contributed by atoms with Gasteiger partial charge in [0.2, 0.25) is 0 Å². The van der Waals surface area contributed by atoms with Crippen LogP contribution in [0.15, 0.2) is 52.4 Å². The maximum Gasteiger partial charge on any atom is 0.356 e. The number of esters is 1. The number of aliphatic imine (C=N–C) groups is 1. The first-order chi connectivity index (χ1) is 16.4. The lowest BCUT2D eigenvalue weighted by Crippen LogP contribution is -2.45. The van der Waals surface area contributed by atoms with Crippen molar-refractivity contribution >= 4 is 34.8 Å². The van der Waals surface area contributed by atoms with E-state index in [1.54, 1.807) is 48.0 Å². The lowest BCUT2D eigenvalue weighted by Gasteiger charge is -2.44. The number of carbonyl (C=O) groups excluding carboxylic acids is 1. The van der Waals surface area contributed by atoms with Crippen molar-refractivity contribution in [1.29, 1.82) is 0 Å². The number of halogens is 2. The van der Waals surface area contributed by atoms with Gasteiger partial charge in [-0.3, -0.25) is 9.39 Å². The number of ether oxygens (including phenoxy) is 1. The minimum absolute atomic E-state index is 0.145. The van der Waals surface area contributed by atoms with Crippen molar-refractivity contribution in [2.75, 3.05) is 18.5 Å². The molecule has 1 saturated carbocycles. The monoisotopic (exact) mass is 486 g/mol. The van der Waals surface area contributed by atoms with E-state index in [4.69, 9.17) is 4.74 Å². The number of nitrogens with one attached hydrogen (secondary N) is 1. The Balaban J connectivity index is 1.50. The van der Waals surface area contributed by atoms with Crippen LogP contribution < -0.4 is 5.32 Å². The highest BCUT2D eigenvalue weighted by Crippen LogP contribution is 2.50. The van der Waals surface area contributed by atoms with Crippen LogP contribution in [0.3, 0.4) is 0 Å². The zero-order chi connectivity index (χ0) is 24.3. The number of carbonyl (C=O) groups is 1. The van der Waals surface area contributed by atoms with E-state index in [1.807, 2.05) is 0 Å². The highest BCUT2D eigenvalue weighted by atomic mass is 32.1. The van der Waals surface area contributed by atoms with Crippen LogP contribution in [-0.4, -0.2) is 51.6 Å². The van der Waals surface area contributed by atoms with Gasteiger partial charge in [-0.25, -0.2) is 18.6 Å². The van der Waals surface area contributed by atoms with Gasteiger partial charge in [0.05, 0.1) is 12.3 Å². The lowest BCUT2D eigenvalue weighted by atomic mass is 9.65. The second kappa shape index (κ2) is 9.80.